The molecule has 0 aromatic rings. The summed E-state index contributed by atoms with van der Waals surface area (Å²) in [6.07, 6.45) is 3.45. The minimum Gasteiger partial charge on any atom is -0.478 e. The third-order valence-corrected chi connectivity index (χ3v) is 2.35. The van der Waals surface area contributed by atoms with E-state index >= 15 is 0 Å². The van der Waals surface area contributed by atoms with Crippen LogP contribution in [0, 0.1) is 11.8 Å². The summed E-state index contributed by atoms with van der Waals surface area (Å²) in [5.41, 5.74) is -0.0139. The van der Waals surface area contributed by atoms with Crippen LogP contribution in [0.15, 0.2) is 23.3 Å². The van der Waals surface area contributed by atoms with E-state index < -0.39 is 11.9 Å². The Bertz CT molecular complexity index is 306. The Balaban J connectivity index is 3.27. The van der Waals surface area contributed by atoms with Crippen molar-refractivity contribution < 1.29 is 19.8 Å². The van der Waals surface area contributed by atoms with E-state index in [1.165, 1.54) is 0 Å². The van der Waals surface area contributed by atoms with Crippen LogP contribution in [-0.2, 0) is 9.59 Å². The van der Waals surface area contributed by atoms with E-state index in [1.54, 1.807) is 26.0 Å². The molecule has 4 nitrogen and oxygen atoms in total. The van der Waals surface area contributed by atoms with Crippen molar-refractivity contribution in [3.63, 3.8) is 0 Å². The van der Waals surface area contributed by atoms with Gasteiger partial charge >= 0.3 is 11.9 Å². The second-order valence-corrected chi connectivity index (χ2v) is 3.40. The Morgan fingerprint density at radius 2 is 1.29 bits per heavy atom. The smallest absolute Gasteiger partial charge is 0.332 e. The predicted octanol–water partition coefficient (Wildman–Crippen LogP) is 1.29. The average Bonchev–Trinajstić information content (AvgIpc) is 2.07. The molecule has 0 aliphatic heterocycles. The molecule has 0 aromatic carbocycles. The van der Waals surface area contributed by atoms with Crippen molar-refractivity contribution in [2.75, 3.05) is 0 Å². The van der Waals surface area contributed by atoms with Gasteiger partial charge in [-0.05, 0) is 0 Å². The lowest BCUT2D eigenvalue weighted by Crippen LogP contribution is -2.22. The molecule has 2 N–H and O–H groups in total. The zero-order chi connectivity index (χ0) is 10.9. The first-order valence-corrected chi connectivity index (χ1v) is 4.34. The third kappa shape index (κ3) is 1.69. The molecule has 1 aliphatic carbocycles. The normalized spacial score (nSPS) is 26.4. The van der Waals surface area contributed by atoms with Crippen LogP contribution in [-0.4, -0.2) is 22.2 Å². The van der Waals surface area contributed by atoms with Crippen molar-refractivity contribution in [3.8, 4) is 0 Å². The maximum atomic E-state index is 10.9. The summed E-state index contributed by atoms with van der Waals surface area (Å²) < 4.78 is 0. The Morgan fingerprint density at radius 1 is 1.00 bits per heavy atom. The van der Waals surface area contributed by atoms with Crippen LogP contribution in [0.1, 0.15) is 13.8 Å². The van der Waals surface area contributed by atoms with Crippen LogP contribution >= 0.6 is 0 Å². The van der Waals surface area contributed by atoms with E-state index in [4.69, 9.17) is 10.2 Å². The lowest BCUT2D eigenvalue weighted by molar-refractivity contribution is -0.136. The number of hydrogen-bond donors (Lipinski definition) is 2. The summed E-state index contributed by atoms with van der Waals surface area (Å²) in [5, 5.41) is 17.8. The van der Waals surface area contributed by atoms with Gasteiger partial charge in [0.25, 0.3) is 0 Å². The van der Waals surface area contributed by atoms with Gasteiger partial charge in [-0.15, -0.1) is 0 Å². The van der Waals surface area contributed by atoms with Crippen LogP contribution in [0.25, 0.3) is 0 Å². The van der Waals surface area contributed by atoms with E-state index in [9.17, 15) is 9.59 Å². The molecular weight excluding hydrogens is 184 g/mol. The van der Waals surface area contributed by atoms with Gasteiger partial charge in [0, 0.05) is 11.8 Å². The maximum absolute atomic E-state index is 10.9. The lowest BCUT2D eigenvalue weighted by atomic mass is 9.83. The van der Waals surface area contributed by atoms with Crippen molar-refractivity contribution in [1.29, 1.82) is 0 Å². The quantitative estimate of drug-likeness (QED) is 0.652. The molecule has 0 radical (unpaired) electrons. The molecule has 0 heterocycles. The number of carbonyl (C=O) groups is 2. The number of rotatable bonds is 2. The molecule has 76 valence electrons. The maximum Gasteiger partial charge on any atom is 0.332 e. The van der Waals surface area contributed by atoms with E-state index in [0.29, 0.717) is 0 Å². The second kappa shape index (κ2) is 3.65. The third-order valence-electron chi connectivity index (χ3n) is 2.35. The van der Waals surface area contributed by atoms with Gasteiger partial charge in [0.1, 0.15) is 0 Å². The molecule has 1 rings (SSSR count). The van der Waals surface area contributed by atoms with Crippen LogP contribution in [0.3, 0.4) is 0 Å². The number of aliphatic carboxylic acids is 2. The molecule has 0 bridgehead atoms. The van der Waals surface area contributed by atoms with E-state index in [2.05, 4.69) is 0 Å². The highest BCUT2D eigenvalue weighted by Gasteiger charge is 2.29. The Hall–Kier alpha value is -1.58. The number of hydrogen-bond acceptors (Lipinski definition) is 2. The first-order valence-electron chi connectivity index (χ1n) is 4.34. The van der Waals surface area contributed by atoms with Crippen molar-refractivity contribution in [3.05, 3.63) is 23.3 Å². The standard InChI is InChI=1S/C10H12O4/c1-5-3-4-6(2)8(10(13)14)7(5)9(11)12/h3-6H,1-2H3,(H,11,12)(H,13,14). The molecule has 0 saturated heterocycles. The number of allylic oxidation sites excluding steroid dienone is 2. The molecule has 14 heavy (non-hydrogen) atoms. The van der Waals surface area contributed by atoms with E-state index in [-0.39, 0.29) is 23.0 Å². The minimum absolute atomic E-state index is 0.00694. The van der Waals surface area contributed by atoms with Crippen molar-refractivity contribution in [2.24, 2.45) is 11.8 Å². The van der Waals surface area contributed by atoms with Crippen molar-refractivity contribution in [2.45, 2.75) is 13.8 Å². The topological polar surface area (TPSA) is 74.6 Å². The summed E-state index contributed by atoms with van der Waals surface area (Å²) in [5.74, 6) is -2.97. The second-order valence-electron chi connectivity index (χ2n) is 3.40. The van der Waals surface area contributed by atoms with Crippen LogP contribution in [0.2, 0.25) is 0 Å². The first kappa shape index (κ1) is 10.5. The monoisotopic (exact) mass is 196 g/mol. The summed E-state index contributed by atoms with van der Waals surface area (Å²) in [6, 6.07) is 0. The van der Waals surface area contributed by atoms with Gasteiger partial charge in [-0.1, -0.05) is 26.0 Å². The van der Waals surface area contributed by atoms with Crippen LogP contribution in [0.5, 0.6) is 0 Å². The Kier molecular flexibility index (Phi) is 2.74. The lowest BCUT2D eigenvalue weighted by Gasteiger charge is -2.20. The number of carboxylic acid groups (broad SMARTS) is 2. The summed E-state index contributed by atoms with van der Waals surface area (Å²) >= 11 is 0. The first-order chi connectivity index (χ1) is 6.45. The molecule has 4 heteroatoms. The van der Waals surface area contributed by atoms with Crippen LogP contribution in [0.4, 0.5) is 0 Å². The molecule has 2 unspecified atom stereocenters. The zero-order valence-corrected chi connectivity index (χ0v) is 8.02. The average molecular weight is 196 g/mol. The largest absolute Gasteiger partial charge is 0.478 e. The van der Waals surface area contributed by atoms with Crippen molar-refractivity contribution >= 4 is 11.9 Å². The predicted molar refractivity (Wildman–Crippen MR) is 49.8 cm³/mol. The van der Waals surface area contributed by atoms with Gasteiger partial charge in [-0.25, -0.2) is 9.59 Å². The highest BCUT2D eigenvalue weighted by atomic mass is 16.4. The summed E-state index contributed by atoms with van der Waals surface area (Å²) in [4.78, 5) is 21.7. The van der Waals surface area contributed by atoms with Crippen molar-refractivity contribution in [1.82, 2.24) is 0 Å². The molecule has 0 fully saturated rings. The fourth-order valence-corrected chi connectivity index (χ4v) is 1.64. The molecule has 0 aromatic heterocycles. The SMILES string of the molecule is CC1C=CC(C)C(C(=O)O)=C1C(=O)O. The highest BCUT2D eigenvalue weighted by molar-refractivity contribution is 6.00. The van der Waals surface area contributed by atoms with E-state index in [1.807, 2.05) is 0 Å². The van der Waals surface area contributed by atoms with Gasteiger partial charge < -0.3 is 10.2 Å². The zero-order valence-electron chi connectivity index (χ0n) is 8.02. The van der Waals surface area contributed by atoms with Crippen LogP contribution < -0.4 is 0 Å². The molecule has 1 aliphatic rings. The Morgan fingerprint density at radius 3 is 1.50 bits per heavy atom. The summed E-state index contributed by atoms with van der Waals surface area (Å²) in [6.45, 7) is 3.35. The molecule has 2 atom stereocenters. The highest BCUT2D eigenvalue weighted by Crippen LogP contribution is 2.29. The minimum atomic E-state index is -1.15. The van der Waals surface area contributed by atoms with Gasteiger partial charge in [-0.2, -0.15) is 0 Å². The van der Waals surface area contributed by atoms with Gasteiger partial charge in [0.05, 0.1) is 11.1 Å². The van der Waals surface area contributed by atoms with Gasteiger partial charge in [-0.3, -0.25) is 0 Å². The molecule has 0 saturated carbocycles. The Labute approximate surface area is 81.6 Å². The molecule has 0 amide bonds. The number of carboxylic acids is 2. The fraction of sp³-hybridized carbons (Fsp3) is 0.400. The van der Waals surface area contributed by atoms with E-state index in [0.717, 1.165) is 0 Å². The van der Waals surface area contributed by atoms with Gasteiger partial charge in [0.15, 0.2) is 0 Å². The molecular formula is C10H12O4. The fourth-order valence-electron chi connectivity index (χ4n) is 1.64. The summed E-state index contributed by atoms with van der Waals surface area (Å²) in [7, 11) is 0. The molecule has 0 spiro atoms. The van der Waals surface area contributed by atoms with Gasteiger partial charge in [0.2, 0.25) is 0 Å².